The number of nitrogens with zero attached hydrogens (tertiary/aromatic N) is 1. The van der Waals surface area contributed by atoms with Gasteiger partial charge < -0.3 is 37.1 Å². The summed E-state index contributed by atoms with van der Waals surface area (Å²) in [5.74, 6) is -3.55. The quantitative estimate of drug-likeness (QED) is 0.179. The lowest BCUT2D eigenvalue weighted by Gasteiger charge is -2.25. The molecular weight excluding hydrogens is 458 g/mol. The highest BCUT2D eigenvalue weighted by Crippen LogP contribution is 2.08. The Morgan fingerprint density at radius 3 is 2.20 bits per heavy atom. The molecule has 8 N–H and O–H groups in total. The fourth-order valence-corrected chi connectivity index (χ4v) is 3.05. The van der Waals surface area contributed by atoms with Crippen molar-refractivity contribution in [1.29, 1.82) is 0 Å². The topological polar surface area (TPSA) is 211 Å². The van der Waals surface area contributed by atoms with Crippen molar-refractivity contribution in [2.75, 3.05) is 6.54 Å². The molecule has 0 aliphatic carbocycles. The number of amides is 4. The van der Waals surface area contributed by atoms with Crippen molar-refractivity contribution >= 4 is 29.6 Å². The van der Waals surface area contributed by atoms with E-state index in [1.165, 1.54) is 12.5 Å². The van der Waals surface area contributed by atoms with Gasteiger partial charge in [0.2, 0.25) is 23.6 Å². The predicted octanol–water partition coefficient (Wildman–Crippen LogP) is -1.37. The van der Waals surface area contributed by atoms with Gasteiger partial charge in [-0.3, -0.25) is 24.0 Å². The lowest BCUT2D eigenvalue weighted by Crippen LogP contribution is -2.57. The van der Waals surface area contributed by atoms with Crippen molar-refractivity contribution in [1.82, 2.24) is 25.9 Å². The van der Waals surface area contributed by atoms with E-state index in [0.29, 0.717) is 5.69 Å². The molecule has 0 aromatic carbocycles. The molecule has 0 fully saturated rings. The minimum absolute atomic E-state index is 0.000384. The summed E-state index contributed by atoms with van der Waals surface area (Å²) < 4.78 is 5.16. The summed E-state index contributed by atoms with van der Waals surface area (Å²) in [7, 11) is 0. The van der Waals surface area contributed by atoms with Crippen molar-refractivity contribution in [3.05, 3.63) is 18.2 Å². The summed E-state index contributed by atoms with van der Waals surface area (Å²) >= 11 is 0. The summed E-state index contributed by atoms with van der Waals surface area (Å²) in [6.07, 6.45) is 2.81. The van der Waals surface area contributed by atoms with Gasteiger partial charge in [0.15, 0.2) is 0 Å². The van der Waals surface area contributed by atoms with E-state index in [9.17, 15) is 24.0 Å². The first-order chi connectivity index (χ1) is 16.2. The maximum atomic E-state index is 12.9. The number of esters is 1. The van der Waals surface area contributed by atoms with Crippen molar-refractivity contribution in [2.45, 2.75) is 77.6 Å². The van der Waals surface area contributed by atoms with Crippen molar-refractivity contribution in [3.8, 4) is 0 Å². The Kier molecular flexibility index (Phi) is 11.3. The van der Waals surface area contributed by atoms with Gasteiger partial charge in [-0.05, 0) is 33.1 Å². The first-order valence-corrected chi connectivity index (χ1v) is 11.3. The largest absolute Gasteiger partial charge is 0.459 e. The molecule has 0 unspecified atom stereocenters. The van der Waals surface area contributed by atoms with Crippen LogP contribution in [0.15, 0.2) is 12.5 Å². The highest BCUT2D eigenvalue weighted by atomic mass is 16.6. The number of imidazole rings is 1. The Bertz CT molecular complexity index is 879. The fourth-order valence-electron chi connectivity index (χ4n) is 3.05. The molecule has 3 atom stereocenters. The molecule has 0 bridgehead atoms. The standard InChI is InChI=1S/C22H37N7O6/c1-12(2)6-15(20(33)26-10-18(31)35-22(3,4)5)29-21(34)16(8-17(24)30)28-19(32)14(23)7-13-9-25-11-27-13/h9,11-12,14-16H,6-8,10,23H2,1-5H3,(H2,24,30)(H,25,27)(H,26,33)(H,28,32)(H,29,34)/t14-,15+,16-/m1/s1. The highest BCUT2D eigenvalue weighted by molar-refractivity contribution is 5.96. The van der Waals surface area contributed by atoms with Crippen LogP contribution in [0.5, 0.6) is 0 Å². The fraction of sp³-hybridized carbons (Fsp3) is 0.636. The number of nitrogens with two attached hydrogens (primary N) is 2. The Morgan fingerprint density at radius 1 is 1.06 bits per heavy atom. The zero-order valence-corrected chi connectivity index (χ0v) is 20.8. The van der Waals surface area contributed by atoms with Gasteiger partial charge in [0.25, 0.3) is 0 Å². The van der Waals surface area contributed by atoms with Crippen LogP contribution in [0.3, 0.4) is 0 Å². The third-order valence-corrected chi connectivity index (χ3v) is 4.54. The second kappa shape index (κ2) is 13.4. The van der Waals surface area contributed by atoms with Crippen LogP contribution in [-0.2, 0) is 35.1 Å². The smallest absolute Gasteiger partial charge is 0.325 e. The molecule has 0 radical (unpaired) electrons. The third kappa shape index (κ3) is 12.0. The van der Waals surface area contributed by atoms with Crippen LogP contribution in [0.25, 0.3) is 0 Å². The van der Waals surface area contributed by atoms with Gasteiger partial charge in [0.05, 0.1) is 18.8 Å². The average molecular weight is 496 g/mol. The number of primary amides is 1. The maximum absolute atomic E-state index is 12.9. The molecule has 0 aliphatic rings. The monoisotopic (exact) mass is 495 g/mol. The normalized spacial score (nSPS) is 13.9. The number of hydrogen-bond donors (Lipinski definition) is 6. The van der Waals surface area contributed by atoms with Crippen LogP contribution < -0.4 is 27.4 Å². The van der Waals surface area contributed by atoms with Gasteiger partial charge in [-0.25, -0.2) is 4.98 Å². The molecule has 196 valence electrons. The molecule has 1 heterocycles. The van der Waals surface area contributed by atoms with Gasteiger partial charge in [0.1, 0.15) is 24.2 Å². The number of ether oxygens (including phenoxy) is 1. The number of aromatic amines is 1. The van der Waals surface area contributed by atoms with Crippen LogP contribution in [0.4, 0.5) is 0 Å². The van der Waals surface area contributed by atoms with Crippen molar-refractivity contribution in [3.63, 3.8) is 0 Å². The van der Waals surface area contributed by atoms with E-state index in [1.54, 1.807) is 20.8 Å². The van der Waals surface area contributed by atoms with Crippen molar-refractivity contribution in [2.24, 2.45) is 17.4 Å². The van der Waals surface area contributed by atoms with E-state index < -0.39 is 59.7 Å². The van der Waals surface area contributed by atoms with E-state index in [-0.39, 0.29) is 25.3 Å². The van der Waals surface area contributed by atoms with Crippen molar-refractivity contribution < 1.29 is 28.7 Å². The van der Waals surface area contributed by atoms with E-state index in [4.69, 9.17) is 16.2 Å². The number of hydrogen-bond acceptors (Lipinski definition) is 8. The van der Waals surface area contributed by atoms with E-state index in [2.05, 4.69) is 25.9 Å². The van der Waals surface area contributed by atoms with Gasteiger partial charge in [-0.15, -0.1) is 0 Å². The highest BCUT2D eigenvalue weighted by Gasteiger charge is 2.30. The lowest BCUT2D eigenvalue weighted by atomic mass is 10.0. The molecule has 0 saturated carbocycles. The Balaban J connectivity index is 2.84. The van der Waals surface area contributed by atoms with Crippen LogP contribution in [0.1, 0.15) is 53.2 Å². The van der Waals surface area contributed by atoms with Crippen LogP contribution in [-0.4, -0.2) is 69.8 Å². The number of rotatable bonds is 13. The number of carbonyl (C=O) groups excluding carboxylic acids is 5. The lowest BCUT2D eigenvalue weighted by molar-refractivity contribution is -0.154. The molecule has 0 saturated heterocycles. The Morgan fingerprint density at radius 2 is 1.69 bits per heavy atom. The number of nitrogens with one attached hydrogen (secondary N) is 4. The number of aromatic nitrogens is 2. The Hall–Kier alpha value is -3.48. The molecule has 1 aromatic rings. The number of H-pyrrole nitrogens is 1. The van der Waals surface area contributed by atoms with Crippen LogP contribution >= 0.6 is 0 Å². The minimum atomic E-state index is -1.35. The number of carbonyl (C=O) groups is 5. The summed E-state index contributed by atoms with van der Waals surface area (Å²) in [6, 6.07) is -3.40. The molecule has 1 aromatic heterocycles. The average Bonchev–Trinajstić information content (AvgIpc) is 3.21. The zero-order valence-electron chi connectivity index (χ0n) is 20.8. The summed E-state index contributed by atoms with van der Waals surface area (Å²) in [5, 5.41) is 7.39. The maximum Gasteiger partial charge on any atom is 0.325 e. The zero-order chi connectivity index (χ0) is 26.8. The SMILES string of the molecule is CC(C)C[C@H](NC(=O)[C@@H](CC(N)=O)NC(=O)[C@H](N)Cc1cnc[nH]1)C(=O)NCC(=O)OC(C)(C)C. The summed E-state index contributed by atoms with van der Waals surface area (Å²) in [5.41, 5.74) is 11.0. The first kappa shape index (κ1) is 29.6. The van der Waals surface area contributed by atoms with E-state index >= 15 is 0 Å². The molecule has 35 heavy (non-hydrogen) atoms. The molecular formula is C22H37N7O6. The second-order valence-electron chi connectivity index (χ2n) is 9.61. The minimum Gasteiger partial charge on any atom is -0.459 e. The van der Waals surface area contributed by atoms with Crippen LogP contribution in [0, 0.1) is 5.92 Å². The molecule has 13 heteroatoms. The molecule has 1 rings (SSSR count). The van der Waals surface area contributed by atoms with Crippen LogP contribution in [0.2, 0.25) is 0 Å². The van der Waals surface area contributed by atoms with E-state index in [1.807, 2.05) is 13.8 Å². The predicted molar refractivity (Wildman–Crippen MR) is 126 cm³/mol. The van der Waals surface area contributed by atoms with Gasteiger partial charge in [-0.2, -0.15) is 0 Å². The van der Waals surface area contributed by atoms with E-state index in [0.717, 1.165) is 0 Å². The van der Waals surface area contributed by atoms with Gasteiger partial charge in [-0.1, -0.05) is 13.8 Å². The first-order valence-electron chi connectivity index (χ1n) is 11.3. The molecule has 4 amide bonds. The third-order valence-electron chi connectivity index (χ3n) is 4.54. The van der Waals surface area contributed by atoms with Gasteiger partial charge in [0, 0.05) is 18.3 Å². The summed E-state index contributed by atoms with van der Waals surface area (Å²) in [4.78, 5) is 68.2. The second-order valence-corrected chi connectivity index (χ2v) is 9.61. The molecule has 0 aliphatic heterocycles. The van der Waals surface area contributed by atoms with Gasteiger partial charge >= 0.3 is 5.97 Å². The molecule has 0 spiro atoms. The summed E-state index contributed by atoms with van der Waals surface area (Å²) in [6.45, 7) is 8.40. The Labute approximate surface area is 204 Å². The molecule has 13 nitrogen and oxygen atoms in total.